The van der Waals surface area contributed by atoms with Crippen LogP contribution in [0.4, 0.5) is 5.69 Å². The molecule has 2 atom stereocenters. The second-order valence-corrected chi connectivity index (χ2v) is 5.34. The van der Waals surface area contributed by atoms with E-state index in [-0.39, 0.29) is 17.8 Å². The number of hydrogen-bond acceptors (Lipinski definition) is 4. The molecular formula is C16H22N2O3. The van der Waals surface area contributed by atoms with Gasteiger partial charge >= 0.3 is 0 Å². The third kappa shape index (κ3) is 3.08. The predicted octanol–water partition coefficient (Wildman–Crippen LogP) is 2.13. The van der Waals surface area contributed by atoms with Crippen LogP contribution in [0.15, 0.2) is 18.2 Å². The molecule has 0 saturated heterocycles. The first-order valence-electron chi connectivity index (χ1n) is 7.38. The standard InChI is InChI=1S/C16H22N2O3/c1-4-12-9-18(15(19)5-2)13-8-11(16(20)10(3)17)6-7-14(13)21-12/h6-8,10,12H,4-5,9,17H2,1-3H3. The van der Waals surface area contributed by atoms with Crippen molar-refractivity contribution < 1.29 is 14.3 Å². The first-order chi connectivity index (χ1) is 9.97. The van der Waals surface area contributed by atoms with Crippen molar-refractivity contribution in [2.24, 2.45) is 5.73 Å². The van der Waals surface area contributed by atoms with Gasteiger partial charge < -0.3 is 15.4 Å². The fourth-order valence-corrected chi connectivity index (χ4v) is 2.40. The summed E-state index contributed by atoms with van der Waals surface area (Å²) in [4.78, 5) is 25.9. The van der Waals surface area contributed by atoms with E-state index in [9.17, 15) is 9.59 Å². The van der Waals surface area contributed by atoms with Crippen LogP contribution < -0.4 is 15.4 Å². The van der Waals surface area contributed by atoms with Gasteiger partial charge in [0.2, 0.25) is 5.91 Å². The van der Waals surface area contributed by atoms with Crippen molar-refractivity contribution >= 4 is 17.4 Å². The average molecular weight is 290 g/mol. The van der Waals surface area contributed by atoms with Gasteiger partial charge in [0.15, 0.2) is 5.78 Å². The molecule has 5 nitrogen and oxygen atoms in total. The minimum atomic E-state index is -0.564. The van der Waals surface area contributed by atoms with E-state index in [0.29, 0.717) is 30.0 Å². The molecule has 0 bridgehead atoms. The third-order valence-electron chi connectivity index (χ3n) is 3.69. The summed E-state index contributed by atoms with van der Waals surface area (Å²) in [5.74, 6) is 0.541. The molecular weight excluding hydrogens is 268 g/mol. The highest BCUT2D eigenvalue weighted by molar-refractivity contribution is 6.02. The van der Waals surface area contributed by atoms with Crippen LogP contribution in [0.3, 0.4) is 0 Å². The fourth-order valence-electron chi connectivity index (χ4n) is 2.40. The lowest BCUT2D eigenvalue weighted by Gasteiger charge is -2.34. The van der Waals surface area contributed by atoms with E-state index in [1.54, 1.807) is 30.0 Å². The highest BCUT2D eigenvalue weighted by atomic mass is 16.5. The Bertz CT molecular complexity index is 554. The largest absolute Gasteiger partial charge is 0.486 e. The number of carbonyl (C=O) groups is 2. The SMILES string of the molecule is CCC(=O)N1CC(CC)Oc2ccc(C(=O)C(C)N)cc21. The number of rotatable bonds is 4. The van der Waals surface area contributed by atoms with Crippen LogP contribution >= 0.6 is 0 Å². The summed E-state index contributed by atoms with van der Waals surface area (Å²) >= 11 is 0. The number of anilines is 1. The maximum Gasteiger partial charge on any atom is 0.226 e. The Morgan fingerprint density at radius 1 is 1.43 bits per heavy atom. The van der Waals surface area contributed by atoms with E-state index in [0.717, 1.165) is 6.42 Å². The van der Waals surface area contributed by atoms with Gasteiger partial charge in [-0.25, -0.2) is 0 Å². The second-order valence-electron chi connectivity index (χ2n) is 5.34. The monoisotopic (exact) mass is 290 g/mol. The second kappa shape index (κ2) is 6.26. The van der Waals surface area contributed by atoms with Crippen LogP contribution in [0.25, 0.3) is 0 Å². The number of hydrogen-bond donors (Lipinski definition) is 1. The molecule has 1 heterocycles. The zero-order valence-corrected chi connectivity index (χ0v) is 12.8. The number of Topliss-reactive ketones (excluding diaryl/α,β-unsaturated/α-hetero) is 1. The predicted molar refractivity (Wildman–Crippen MR) is 81.8 cm³/mol. The number of ether oxygens (including phenoxy) is 1. The zero-order valence-electron chi connectivity index (χ0n) is 12.8. The van der Waals surface area contributed by atoms with Gasteiger partial charge in [-0.1, -0.05) is 13.8 Å². The molecule has 0 radical (unpaired) electrons. The molecule has 0 fully saturated rings. The summed E-state index contributed by atoms with van der Waals surface area (Å²) in [6.07, 6.45) is 1.23. The Morgan fingerprint density at radius 3 is 2.71 bits per heavy atom. The van der Waals surface area contributed by atoms with Crippen LogP contribution in [-0.2, 0) is 4.79 Å². The molecule has 1 aromatic rings. The van der Waals surface area contributed by atoms with E-state index >= 15 is 0 Å². The summed E-state index contributed by atoms with van der Waals surface area (Å²) < 4.78 is 5.86. The maximum atomic E-state index is 12.2. The van der Waals surface area contributed by atoms with Crippen LogP contribution in [0, 0.1) is 0 Å². The quantitative estimate of drug-likeness (QED) is 0.862. The number of nitrogens with two attached hydrogens (primary N) is 1. The maximum absolute atomic E-state index is 12.2. The summed E-state index contributed by atoms with van der Waals surface area (Å²) in [5.41, 5.74) is 6.82. The van der Waals surface area contributed by atoms with Gasteiger partial charge in [-0.3, -0.25) is 9.59 Å². The highest BCUT2D eigenvalue weighted by Gasteiger charge is 2.29. The third-order valence-corrected chi connectivity index (χ3v) is 3.69. The molecule has 21 heavy (non-hydrogen) atoms. The first kappa shape index (κ1) is 15.5. The van der Waals surface area contributed by atoms with Gasteiger partial charge in [-0.15, -0.1) is 0 Å². The van der Waals surface area contributed by atoms with Crippen LogP contribution in [0.2, 0.25) is 0 Å². The lowest BCUT2D eigenvalue weighted by molar-refractivity contribution is -0.118. The van der Waals surface area contributed by atoms with E-state index in [1.807, 2.05) is 13.8 Å². The van der Waals surface area contributed by atoms with Gasteiger partial charge in [-0.2, -0.15) is 0 Å². The number of ketones is 1. The van der Waals surface area contributed by atoms with Crippen molar-refractivity contribution in [2.45, 2.75) is 45.8 Å². The van der Waals surface area contributed by atoms with Crippen LogP contribution in [0.5, 0.6) is 5.75 Å². The summed E-state index contributed by atoms with van der Waals surface area (Å²) in [7, 11) is 0. The molecule has 1 aromatic carbocycles. The van der Waals surface area contributed by atoms with Gasteiger partial charge in [0, 0.05) is 12.0 Å². The van der Waals surface area contributed by atoms with Gasteiger partial charge in [0.1, 0.15) is 11.9 Å². The molecule has 0 saturated carbocycles. The number of carbonyl (C=O) groups excluding carboxylic acids is 2. The highest BCUT2D eigenvalue weighted by Crippen LogP contribution is 2.35. The van der Waals surface area contributed by atoms with Gasteiger partial charge in [-0.05, 0) is 31.5 Å². The Labute approximate surface area is 125 Å². The summed E-state index contributed by atoms with van der Waals surface area (Å²) in [6.45, 7) is 6.03. The topological polar surface area (TPSA) is 72.6 Å². The van der Waals surface area contributed by atoms with Crippen LogP contribution in [-0.4, -0.2) is 30.4 Å². The van der Waals surface area contributed by atoms with E-state index in [4.69, 9.17) is 10.5 Å². The lowest BCUT2D eigenvalue weighted by Crippen LogP contribution is -2.43. The Balaban J connectivity index is 2.43. The number of nitrogens with zero attached hydrogens (tertiary/aromatic N) is 1. The Morgan fingerprint density at radius 2 is 2.14 bits per heavy atom. The smallest absolute Gasteiger partial charge is 0.226 e. The molecule has 1 aliphatic rings. The number of fused-ring (bicyclic) bond motifs is 1. The minimum absolute atomic E-state index is 0.0111. The first-order valence-corrected chi connectivity index (χ1v) is 7.38. The zero-order chi connectivity index (χ0) is 15.6. The fraction of sp³-hybridized carbons (Fsp3) is 0.500. The van der Waals surface area contributed by atoms with Crippen molar-refractivity contribution in [1.29, 1.82) is 0 Å². The molecule has 0 aromatic heterocycles. The minimum Gasteiger partial charge on any atom is -0.486 e. The summed E-state index contributed by atoms with van der Waals surface area (Å²) in [5, 5.41) is 0. The van der Waals surface area contributed by atoms with E-state index in [2.05, 4.69) is 0 Å². The van der Waals surface area contributed by atoms with Crippen molar-refractivity contribution in [3.8, 4) is 5.75 Å². The Hall–Kier alpha value is -1.88. The lowest BCUT2D eigenvalue weighted by atomic mass is 10.0. The normalized spacial score (nSPS) is 18.7. The molecule has 1 aliphatic heterocycles. The molecule has 2 N–H and O–H groups in total. The summed E-state index contributed by atoms with van der Waals surface area (Å²) in [6, 6.07) is 4.60. The van der Waals surface area contributed by atoms with Crippen molar-refractivity contribution in [2.75, 3.05) is 11.4 Å². The van der Waals surface area contributed by atoms with Gasteiger partial charge in [0.25, 0.3) is 0 Å². The molecule has 5 heteroatoms. The van der Waals surface area contributed by atoms with Gasteiger partial charge in [0.05, 0.1) is 18.3 Å². The van der Waals surface area contributed by atoms with Crippen LogP contribution in [0.1, 0.15) is 44.0 Å². The molecule has 0 aliphatic carbocycles. The van der Waals surface area contributed by atoms with Crippen molar-refractivity contribution in [1.82, 2.24) is 0 Å². The van der Waals surface area contributed by atoms with Crippen molar-refractivity contribution in [3.05, 3.63) is 23.8 Å². The molecule has 0 spiro atoms. The van der Waals surface area contributed by atoms with E-state index in [1.165, 1.54) is 0 Å². The van der Waals surface area contributed by atoms with E-state index < -0.39 is 6.04 Å². The average Bonchev–Trinajstić information content (AvgIpc) is 2.51. The number of amides is 1. The molecule has 114 valence electrons. The molecule has 1 amide bonds. The Kier molecular flexibility index (Phi) is 4.63. The molecule has 2 rings (SSSR count). The number of benzene rings is 1. The molecule has 2 unspecified atom stereocenters. The van der Waals surface area contributed by atoms with Crippen molar-refractivity contribution in [3.63, 3.8) is 0 Å².